The van der Waals surface area contributed by atoms with Gasteiger partial charge in [-0.3, -0.25) is 4.79 Å². The number of carbonyl (C=O) groups excluding carboxylic acids is 1. The van der Waals surface area contributed by atoms with E-state index in [0.717, 1.165) is 6.42 Å². The molecule has 0 aromatic heterocycles. The van der Waals surface area contributed by atoms with Crippen LogP contribution in [0.1, 0.15) is 74.7 Å². The van der Waals surface area contributed by atoms with E-state index in [1.165, 1.54) is 29.6 Å². The number of hydrogen-bond acceptors (Lipinski definition) is 2. The number of carbonyl (C=O) groups is 1. The van der Waals surface area contributed by atoms with Crippen molar-refractivity contribution in [1.82, 2.24) is 0 Å². The van der Waals surface area contributed by atoms with E-state index < -0.39 is 0 Å². The topological polar surface area (TPSA) is 26.3 Å². The van der Waals surface area contributed by atoms with Crippen LogP contribution in [0, 0.1) is 22.7 Å². The minimum atomic E-state index is -0.0908. The lowest BCUT2D eigenvalue weighted by Crippen LogP contribution is -2.30. The highest BCUT2D eigenvalue weighted by molar-refractivity contribution is 5.95. The van der Waals surface area contributed by atoms with Gasteiger partial charge < -0.3 is 4.74 Å². The minimum Gasteiger partial charge on any atom is -0.490 e. The Morgan fingerprint density at radius 2 is 1.55 bits per heavy atom. The van der Waals surface area contributed by atoms with Crippen LogP contribution < -0.4 is 0 Å². The number of rotatable bonds is 10. The molecule has 0 aromatic carbocycles. The smallest absolute Gasteiger partial charge is 0.199 e. The van der Waals surface area contributed by atoms with Crippen LogP contribution in [0.15, 0.2) is 59.9 Å². The second kappa shape index (κ2) is 10.3. The summed E-state index contributed by atoms with van der Waals surface area (Å²) in [6.07, 6.45) is 10.9. The number of ether oxygens (including phenoxy) is 1. The van der Waals surface area contributed by atoms with E-state index in [1.807, 2.05) is 19.9 Å². The van der Waals surface area contributed by atoms with Crippen molar-refractivity contribution in [3.8, 4) is 0 Å². The van der Waals surface area contributed by atoms with Gasteiger partial charge in [-0.15, -0.1) is 0 Å². The fourth-order valence-electron chi connectivity index (χ4n) is 3.87. The summed E-state index contributed by atoms with van der Waals surface area (Å²) < 4.78 is 5.88. The average molecular weight is 399 g/mol. The zero-order chi connectivity index (χ0) is 22.4. The van der Waals surface area contributed by atoms with Gasteiger partial charge in [-0.1, -0.05) is 92.3 Å². The molecule has 0 saturated carbocycles. The standard InChI is InChI=1S/C27H42O2/c1-11-13-24(25(28)20(5)6)29-17-14-21(19(3)4)18-23-22(12-2)26(7,8)15-16-27(23,9)10/h11-13,18-20H,1-2,14-17H2,3-10H3/b21-18-,24-13-. The predicted octanol–water partition coefficient (Wildman–Crippen LogP) is 7.60. The SMILES string of the molecule is C=C/C=C(\OCC/C(=C/C1=C(C=C)C(C)(C)CCC1(C)C)C(C)C)C(=O)C(C)C. The van der Waals surface area contributed by atoms with E-state index in [2.05, 4.69) is 60.8 Å². The summed E-state index contributed by atoms with van der Waals surface area (Å²) in [5, 5.41) is 0. The summed E-state index contributed by atoms with van der Waals surface area (Å²) in [5.41, 5.74) is 4.37. The summed E-state index contributed by atoms with van der Waals surface area (Å²) in [6, 6.07) is 0. The highest BCUT2D eigenvalue weighted by Crippen LogP contribution is 2.50. The molecule has 2 heteroatoms. The van der Waals surface area contributed by atoms with Crippen LogP contribution in [0.3, 0.4) is 0 Å². The van der Waals surface area contributed by atoms with Gasteiger partial charge in [-0.2, -0.15) is 0 Å². The monoisotopic (exact) mass is 398 g/mol. The van der Waals surface area contributed by atoms with E-state index in [9.17, 15) is 4.79 Å². The highest BCUT2D eigenvalue weighted by Gasteiger charge is 2.37. The third kappa shape index (κ3) is 6.59. The summed E-state index contributed by atoms with van der Waals surface area (Å²) >= 11 is 0. The molecule has 0 saturated heterocycles. The fraction of sp³-hybridized carbons (Fsp3) is 0.593. The summed E-state index contributed by atoms with van der Waals surface area (Å²) in [5.74, 6) is 0.743. The molecule has 0 aliphatic heterocycles. The van der Waals surface area contributed by atoms with Crippen molar-refractivity contribution in [3.63, 3.8) is 0 Å². The van der Waals surface area contributed by atoms with Crippen LogP contribution in [0.2, 0.25) is 0 Å². The van der Waals surface area contributed by atoms with Crippen LogP contribution in [0.25, 0.3) is 0 Å². The molecule has 0 spiro atoms. The van der Waals surface area contributed by atoms with Crippen LogP contribution in [0.5, 0.6) is 0 Å². The maximum atomic E-state index is 12.3. The summed E-state index contributed by atoms with van der Waals surface area (Å²) in [6.45, 7) is 25.8. The number of allylic oxidation sites excluding steroid dienone is 7. The lowest BCUT2D eigenvalue weighted by molar-refractivity contribution is -0.121. The maximum Gasteiger partial charge on any atom is 0.199 e. The van der Waals surface area contributed by atoms with E-state index in [4.69, 9.17) is 4.74 Å². The Balaban J connectivity index is 3.16. The van der Waals surface area contributed by atoms with Crippen molar-refractivity contribution in [3.05, 3.63) is 59.9 Å². The molecule has 1 rings (SSSR count). The predicted molar refractivity (Wildman–Crippen MR) is 126 cm³/mol. The molecule has 0 heterocycles. The molecule has 162 valence electrons. The van der Waals surface area contributed by atoms with E-state index >= 15 is 0 Å². The maximum absolute atomic E-state index is 12.3. The first-order chi connectivity index (χ1) is 13.4. The zero-order valence-corrected chi connectivity index (χ0v) is 20.0. The quantitative estimate of drug-likeness (QED) is 0.215. The van der Waals surface area contributed by atoms with Gasteiger partial charge in [0.2, 0.25) is 0 Å². The lowest BCUT2D eigenvalue weighted by atomic mass is 9.62. The minimum absolute atomic E-state index is 0.0202. The van der Waals surface area contributed by atoms with Crippen molar-refractivity contribution in [2.75, 3.05) is 6.61 Å². The number of ketones is 1. The van der Waals surface area contributed by atoms with Gasteiger partial charge in [0.25, 0.3) is 0 Å². The molecule has 0 atom stereocenters. The normalized spacial score (nSPS) is 19.5. The van der Waals surface area contributed by atoms with Crippen LogP contribution >= 0.6 is 0 Å². The van der Waals surface area contributed by atoms with Crippen molar-refractivity contribution in [2.45, 2.75) is 74.7 Å². The molecule has 0 aromatic rings. The van der Waals surface area contributed by atoms with Crippen molar-refractivity contribution < 1.29 is 9.53 Å². The van der Waals surface area contributed by atoms with Gasteiger partial charge in [-0.05, 0) is 46.8 Å². The zero-order valence-electron chi connectivity index (χ0n) is 20.0. The van der Waals surface area contributed by atoms with Crippen LogP contribution in [0.4, 0.5) is 0 Å². The largest absolute Gasteiger partial charge is 0.490 e. The van der Waals surface area contributed by atoms with Crippen molar-refractivity contribution >= 4 is 5.78 Å². The van der Waals surface area contributed by atoms with Gasteiger partial charge in [0.05, 0.1) is 6.61 Å². The molecule has 0 fully saturated rings. The van der Waals surface area contributed by atoms with Gasteiger partial charge in [0.15, 0.2) is 11.5 Å². The Morgan fingerprint density at radius 3 is 2.00 bits per heavy atom. The molecule has 1 aliphatic carbocycles. The molecule has 1 aliphatic rings. The van der Waals surface area contributed by atoms with E-state index in [0.29, 0.717) is 18.3 Å². The van der Waals surface area contributed by atoms with Gasteiger partial charge in [0, 0.05) is 12.3 Å². The Labute approximate surface area is 179 Å². The Morgan fingerprint density at radius 1 is 1.00 bits per heavy atom. The molecular formula is C27H42O2. The molecule has 0 bridgehead atoms. The molecule has 29 heavy (non-hydrogen) atoms. The summed E-state index contributed by atoms with van der Waals surface area (Å²) in [4.78, 5) is 12.3. The molecule has 0 radical (unpaired) electrons. The second-order valence-electron chi connectivity index (χ2n) is 10.1. The average Bonchev–Trinajstić information content (AvgIpc) is 2.62. The molecule has 0 amide bonds. The first kappa shape index (κ1) is 25.2. The van der Waals surface area contributed by atoms with Gasteiger partial charge in [0.1, 0.15) is 0 Å². The first-order valence-corrected chi connectivity index (χ1v) is 10.9. The molecule has 0 unspecified atom stereocenters. The highest BCUT2D eigenvalue weighted by atomic mass is 16.5. The second-order valence-corrected chi connectivity index (χ2v) is 10.1. The molecular weight excluding hydrogens is 356 g/mol. The van der Waals surface area contributed by atoms with Crippen LogP contribution in [-0.4, -0.2) is 12.4 Å². The van der Waals surface area contributed by atoms with Crippen molar-refractivity contribution in [1.29, 1.82) is 0 Å². The van der Waals surface area contributed by atoms with Crippen molar-refractivity contribution in [2.24, 2.45) is 22.7 Å². The molecule has 2 nitrogen and oxygen atoms in total. The lowest BCUT2D eigenvalue weighted by Gasteiger charge is -2.42. The number of hydrogen-bond donors (Lipinski definition) is 0. The molecule has 0 N–H and O–H groups in total. The van der Waals surface area contributed by atoms with E-state index in [1.54, 1.807) is 12.2 Å². The Bertz CT molecular complexity index is 709. The third-order valence-electron chi connectivity index (χ3n) is 6.08. The number of Topliss-reactive ketones (excluding diaryl/α,β-unsaturated/α-hetero) is 1. The Kier molecular flexibility index (Phi) is 8.93. The van der Waals surface area contributed by atoms with Gasteiger partial charge >= 0.3 is 0 Å². The fourth-order valence-corrected chi connectivity index (χ4v) is 3.87. The Hall–Kier alpha value is -1.83. The summed E-state index contributed by atoms with van der Waals surface area (Å²) in [7, 11) is 0. The van der Waals surface area contributed by atoms with E-state index in [-0.39, 0.29) is 22.5 Å². The third-order valence-corrected chi connectivity index (χ3v) is 6.08. The van der Waals surface area contributed by atoms with Crippen LogP contribution in [-0.2, 0) is 9.53 Å². The van der Waals surface area contributed by atoms with Gasteiger partial charge in [-0.25, -0.2) is 0 Å². The first-order valence-electron chi connectivity index (χ1n) is 10.9.